The zero-order valence-electron chi connectivity index (χ0n) is 18.2. The molecule has 0 aliphatic rings. The third-order valence-electron chi connectivity index (χ3n) is 4.83. The van der Waals surface area contributed by atoms with Gasteiger partial charge in [-0.1, -0.05) is 26.7 Å². The molecular weight excluding hydrogens is 408 g/mol. The second-order valence-corrected chi connectivity index (χ2v) is 7.44. The number of nitrogens with one attached hydrogen (secondary N) is 3. The standard InChI is InChI=1S/C19H36N6O6/c1-3-11(2)16(19(31)23-10-15(27)28)25-18(30)13(7-8-14(22)26)24-17(29)12(21)6-4-5-9-20/h11-13,16H,3-10,20-21H2,1-2H3,(H2,22,26)(H,23,31)(H,24,29)(H,25,30)(H,27,28). The van der Waals surface area contributed by atoms with Crippen molar-refractivity contribution in [2.75, 3.05) is 13.1 Å². The Hall–Kier alpha value is -2.73. The van der Waals surface area contributed by atoms with Crippen LogP contribution in [0.15, 0.2) is 0 Å². The molecule has 0 aromatic carbocycles. The maximum Gasteiger partial charge on any atom is 0.322 e. The molecule has 0 fully saturated rings. The summed E-state index contributed by atoms with van der Waals surface area (Å²) in [4.78, 5) is 59.4. The quantitative estimate of drug-likeness (QED) is 0.131. The van der Waals surface area contributed by atoms with E-state index in [1.165, 1.54) is 0 Å². The molecule has 0 aliphatic carbocycles. The van der Waals surface area contributed by atoms with Gasteiger partial charge in [0.25, 0.3) is 0 Å². The van der Waals surface area contributed by atoms with Crippen molar-refractivity contribution < 1.29 is 29.1 Å². The first-order valence-corrected chi connectivity index (χ1v) is 10.4. The molecule has 12 heteroatoms. The molecule has 4 unspecified atom stereocenters. The van der Waals surface area contributed by atoms with Gasteiger partial charge in [-0.25, -0.2) is 0 Å². The van der Waals surface area contributed by atoms with Gasteiger partial charge in [0.2, 0.25) is 23.6 Å². The lowest BCUT2D eigenvalue weighted by molar-refractivity contribution is -0.139. The molecule has 0 heterocycles. The molecule has 31 heavy (non-hydrogen) atoms. The number of carbonyl (C=O) groups is 5. The number of nitrogens with two attached hydrogens (primary N) is 3. The molecule has 0 rings (SSSR count). The van der Waals surface area contributed by atoms with Gasteiger partial charge in [-0.3, -0.25) is 24.0 Å². The van der Waals surface area contributed by atoms with E-state index in [1.54, 1.807) is 13.8 Å². The van der Waals surface area contributed by atoms with Crippen LogP contribution < -0.4 is 33.2 Å². The van der Waals surface area contributed by atoms with E-state index in [9.17, 15) is 24.0 Å². The SMILES string of the molecule is CCC(C)C(NC(=O)C(CCC(N)=O)NC(=O)C(N)CCCCN)C(=O)NCC(=O)O. The zero-order chi connectivity index (χ0) is 24.0. The van der Waals surface area contributed by atoms with Crippen molar-refractivity contribution in [2.24, 2.45) is 23.1 Å². The Morgan fingerprint density at radius 3 is 2.13 bits per heavy atom. The summed E-state index contributed by atoms with van der Waals surface area (Å²) in [5.74, 6) is -4.13. The fourth-order valence-electron chi connectivity index (χ4n) is 2.70. The lowest BCUT2D eigenvalue weighted by atomic mass is 9.97. The van der Waals surface area contributed by atoms with Gasteiger partial charge in [-0.2, -0.15) is 0 Å². The highest BCUT2D eigenvalue weighted by atomic mass is 16.4. The van der Waals surface area contributed by atoms with Gasteiger partial charge in [-0.15, -0.1) is 0 Å². The molecule has 4 amide bonds. The Kier molecular flexibility index (Phi) is 13.8. The first-order valence-electron chi connectivity index (χ1n) is 10.4. The zero-order valence-corrected chi connectivity index (χ0v) is 18.2. The molecule has 0 saturated carbocycles. The highest BCUT2D eigenvalue weighted by Crippen LogP contribution is 2.10. The van der Waals surface area contributed by atoms with Crippen molar-refractivity contribution in [2.45, 2.75) is 70.5 Å². The number of aliphatic carboxylic acids is 1. The average molecular weight is 445 g/mol. The smallest absolute Gasteiger partial charge is 0.322 e. The topological polar surface area (TPSA) is 220 Å². The normalized spacial score (nSPS) is 14.6. The van der Waals surface area contributed by atoms with E-state index in [-0.39, 0.29) is 18.8 Å². The maximum absolute atomic E-state index is 12.8. The minimum Gasteiger partial charge on any atom is -0.480 e. The Balaban J connectivity index is 5.28. The van der Waals surface area contributed by atoms with Gasteiger partial charge in [-0.05, 0) is 31.7 Å². The fourth-order valence-corrected chi connectivity index (χ4v) is 2.70. The number of unbranched alkanes of at least 4 members (excludes halogenated alkanes) is 1. The summed E-state index contributed by atoms with van der Waals surface area (Å²) in [7, 11) is 0. The van der Waals surface area contributed by atoms with Crippen LogP contribution in [0, 0.1) is 5.92 Å². The van der Waals surface area contributed by atoms with Crippen LogP contribution in [-0.4, -0.2) is 65.9 Å². The molecule has 4 atom stereocenters. The molecule has 10 N–H and O–H groups in total. The molecule has 12 nitrogen and oxygen atoms in total. The summed E-state index contributed by atoms with van der Waals surface area (Å²) in [5.41, 5.74) is 16.4. The number of carbonyl (C=O) groups excluding carboxylic acids is 4. The van der Waals surface area contributed by atoms with E-state index in [0.29, 0.717) is 32.2 Å². The molecule has 0 aromatic heterocycles. The number of hydrogen-bond acceptors (Lipinski definition) is 7. The van der Waals surface area contributed by atoms with Crippen molar-refractivity contribution >= 4 is 29.6 Å². The molecule has 0 saturated heterocycles. The summed E-state index contributed by atoms with van der Waals surface area (Å²) >= 11 is 0. The van der Waals surface area contributed by atoms with Crippen LogP contribution in [0.4, 0.5) is 0 Å². The maximum atomic E-state index is 12.8. The molecule has 0 bridgehead atoms. The summed E-state index contributed by atoms with van der Waals surface area (Å²) < 4.78 is 0. The predicted octanol–water partition coefficient (Wildman–Crippen LogP) is -2.08. The van der Waals surface area contributed by atoms with Gasteiger partial charge in [0.1, 0.15) is 18.6 Å². The predicted molar refractivity (Wildman–Crippen MR) is 113 cm³/mol. The lowest BCUT2D eigenvalue weighted by Crippen LogP contribution is -2.57. The molecule has 0 aromatic rings. The number of primary amides is 1. The minimum atomic E-state index is -1.22. The summed E-state index contributed by atoms with van der Waals surface area (Å²) in [6, 6.07) is -3.03. The molecule has 0 aliphatic heterocycles. The highest BCUT2D eigenvalue weighted by Gasteiger charge is 2.30. The number of carboxylic acid groups (broad SMARTS) is 1. The Bertz CT molecular complexity index is 629. The third kappa shape index (κ3) is 11.9. The Labute approximate surface area is 182 Å². The van der Waals surface area contributed by atoms with E-state index in [0.717, 1.165) is 0 Å². The number of hydrogen-bond donors (Lipinski definition) is 7. The van der Waals surface area contributed by atoms with Crippen molar-refractivity contribution in [1.82, 2.24) is 16.0 Å². The lowest BCUT2D eigenvalue weighted by Gasteiger charge is -2.26. The molecule has 0 radical (unpaired) electrons. The van der Waals surface area contributed by atoms with E-state index >= 15 is 0 Å². The summed E-state index contributed by atoms with van der Waals surface area (Å²) in [6.45, 7) is 3.40. The average Bonchev–Trinajstić information content (AvgIpc) is 2.71. The van der Waals surface area contributed by atoms with Crippen molar-refractivity contribution in [3.63, 3.8) is 0 Å². The van der Waals surface area contributed by atoms with Gasteiger partial charge in [0.05, 0.1) is 6.04 Å². The fraction of sp³-hybridized carbons (Fsp3) is 0.737. The van der Waals surface area contributed by atoms with Crippen LogP contribution >= 0.6 is 0 Å². The highest BCUT2D eigenvalue weighted by molar-refractivity contribution is 5.94. The molecular formula is C19H36N6O6. The monoisotopic (exact) mass is 444 g/mol. The number of carboxylic acids is 1. The van der Waals surface area contributed by atoms with Gasteiger partial charge >= 0.3 is 5.97 Å². The van der Waals surface area contributed by atoms with E-state index in [4.69, 9.17) is 22.3 Å². The number of rotatable bonds is 16. The Morgan fingerprint density at radius 1 is 0.968 bits per heavy atom. The second-order valence-electron chi connectivity index (χ2n) is 7.44. The van der Waals surface area contributed by atoms with Crippen LogP contribution in [0.3, 0.4) is 0 Å². The van der Waals surface area contributed by atoms with Crippen molar-refractivity contribution in [1.29, 1.82) is 0 Å². The third-order valence-corrected chi connectivity index (χ3v) is 4.83. The first-order chi connectivity index (χ1) is 14.5. The second kappa shape index (κ2) is 15.1. The first kappa shape index (κ1) is 28.3. The summed E-state index contributed by atoms with van der Waals surface area (Å²) in [6.07, 6.45) is 2.00. The van der Waals surface area contributed by atoms with E-state index < -0.39 is 54.3 Å². The van der Waals surface area contributed by atoms with Crippen molar-refractivity contribution in [3.8, 4) is 0 Å². The number of amides is 4. The Morgan fingerprint density at radius 2 is 1.61 bits per heavy atom. The van der Waals surface area contributed by atoms with Gasteiger partial charge in [0, 0.05) is 6.42 Å². The molecule has 0 spiro atoms. The molecule has 178 valence electrons. The van der Waals surface area contributed by atoms with Crippen LogP contribution in [-0.2, 0) is 24.0 Å². The van der Waals surface area contributed by atoms with Gasteiger partial charge in [0.15, 0.2) is 0 Å². The van der Waals surface area contributed by atoms with Crippen LogP contribution in [0.5, 0.6) is 0 Å². The van der Waals surface area contributed by atoms with Crippen LogP contribution in [0.1, 0.15) is 52.4 Å². The van der Waals surface area contributed by atoms with Gasteiger partial charge < -0.3 is 38.3 Å². The summed E-state index contributed by atoms with van der Waals surface area (Å²) in [5, 5.41) is 16.0. The van der Waals surface area contributed by atoms with Crippen LogP contribution in [0.25, 0.3) is 0 Å². The van der Waals surface area contributed by atoms with Crippen LogP contribution in [0.2, 0.25) is 0 Å². The minimum absolute atomic E-state index is 0.0770. The van der Waals surface area contributed by atoms with E-state index in [2.05, 4.69) is 16.0 Å². The largest absolute Gasteiger partial charge is 0.480 e. The van der Waals surface area contributed by atoms with Crippen molar-refractivity contribution in [3.05, 3.63) is 0 Å². The van der Waals surface area contributed by atoms with E-state index in [1.807, 2.05) is 0 Å².